The first-order valence-corrected chi connectivity index (χ1v) is 9.97. The number of nitrogens with one attached hydrogen (secondary N) is 1. The van der Waals surface area contributed by atoms with E-state index in [1.807, 2.05) is 36.4 Å². The molecule has 1 aromatic heterocycles. The van der Waals surface area contributed by atoms with Crippen molar-refractivity contribution < 1.29 is 9.53 Å². The summed E-state index contributed by atoms with van der Waals surface area (Å²) in [5.41, 5.74) is 5.64. The number of amides is 1. The molecule has 5 heteroatoms. The van der Waals surface area contributed by atoms with Crippen LogP contribution in [0.3, 0.4) is 0 Å². The molecule has 0 saturated heterocycles. The van der Waals surface area contributed by atoms with E-state index in [4.69, 9.17) is 16.3 Å². The minimum Gasteiger partial charge on any atom is -0.449 e. The molecular weight excluding hydrogens is 384 g/mol. The third-order valence-electron chi connectivity index (χ3n) is 4.96. The number of halogens is 1. The second-order valence-corrected chi connectivity index (χ2v) is 7.28. The number of carbonyl (C=O) groups is 1. The minimum absolute atomic E-state index is 0.0712. The summed E-state index contributed by atoms with van der Waals surface area (Å²) < 4.78 is 5.52. The standard InChI is InChI=1S/C24H21ClN2O2/c25-17-12-14-26-18(15-17)7-5-6-13-27-24(28)29-16-23-21-10-3-1-8-19(21)20-9-2-4-11-22(20)23/h1-5,7-12,14-15,23H,6,13,16H2,(H,27,28). The molecule has 1 aliphatic carbocycles. The number of fused-ring (bicyclic) bond motifs is 3. The fraction of sp³-hybridized carbons (Fsp3) is 0.167. The molecule has 3 aromatic rings. The molecule has 0 radical (unpaired) electrons. The van der Waals surface area contributed by atoms with Crippen LogP contribution in [0.2, 0.25) is 5.02 Å². The van der Waals surface area contributed by atoms with Gasteiger partial charge in [-0.05, 0) is 46.9 Å². The largest absolute Gasteiger partial charge is 0.449 e. The molecule has 0 bridgehead atoms. The number of hydrogen-bond donors (Lipinski definition) is 1. The molecule has 0 saturated carbocycles. The highest BCUT2D eigenvalue weighted by atomic mass is 35.5. The van der Waals surface area contributed by atoms with Crippen LogP contribution in [0.1, 0.15) is 29.2 Å². The Balaban J connectivity index is 1.28. The van der Waals surface area contributed by atoms with E-state index in [1.165, 1.54) is 22.3 Å². The third kappa shape index (κ3) is 4.49. The van der Waals surface area contributed by atoms with Crippen LogP contribution in [0.4, 0.5) is 4.79 Å². The van der Waals surface area contributed by atoms with Crippen LogP contribution in [0.5, 0.6) is 0 Å². The predicted octanol–water partition coefficient (Wildman–Crippen LogP) is 5.68. The lowest BCUT2D eigenvalue weighted by Gasteiger charge is -2.14. The van der Waals surface area contributed by atoms with E-state index in [0.717, 1.165) is 5.69 Å². The number of aromatic nitrogens is 1. The van der Waals surface area contributed by atoms with E-state index in [9.17, 15) is 4.79 Å². The van der Waals surface area contributed by atoms with Crippen molar-refractivity contribution in [2.24, 2.45) is 0 Å². The summed E-state index contributed by atoms with van der Waals surface area (Å²) in [6, 6.07) is 20.1. The van der Waals surface area contributed by atoms with Gasteiger partial charge < -0.3 is 10.1 Å². The zero-order chi connectivity index (χ0) is 20.1. The quantitative estimate of drug-likeness (QED) is 0.538. The molecule has 4 nitrogen and oxygen atoms in total. The molecule has 1 amide bonds. The molecule has 1 N–H and O–H groups in total. The van der Waals surface area contributed by atoms with Gasteiger partial charge in [-0.2, -0.15) is 0 Å². The van der Waals surface area contributed by atoms with Crippen LogP contribution in [0.15, 0.2) is 72.9 Å². The maximum atomic E-state index is 12.1. The van der Waals surface area contributed by atoms with Crippen LogP contribution in [-0.2, 0) is 4.74 Å². The van der Waals surface area contributed by atoms with Crippen molar-refractivity contribution in [1.29, 1.82) is 0 Å². The Hall–Kier alpha value is -3.11. The van der Waals surface area contributed by atoms with Crippen LogP contribution < -0.4 is 5.32 Å². The van der Waals surface area contributed by atoms with Crippen LogP contribution >= 0.6 is 11.6 Å². The summed E-state index contributed by atoms with van der Waals surface area (Å²) in [7, 11) is 0. The SMILES string of the molecule is O=C(NCCC=Cc1cc(Cl)ccn1)OCC1c2ccccc2-c2ccccc21. The van der Waals surface area contributed by atoms with Gasteiger partial charge in [-0.1, -0.05) is 66.2 Å². The van der Waals surface area contributed by atoms with E-state index < -0.39 is 6.09 Å². The maximum absolute atomic E-state index is 12.1. The van der Waals surface area contributed by atoms with Gasteiger partial charge in [0.2, 0.25) is 0 Å². The molecule has 2 aromatic carbocycles. The summed E-state index contributed by atoms with van der Waals surface area (Å²) in [6.45, 7) is 0.815. The number of hydrogen-bond acceptors (Lipinski definition) is 3. The average molecular weight is 405 g/mol. The Labute approximate surface area is 175 Å². The van der Waals surface area contributed by atoms with Crippen molar-refractivity contribution in [3.63, 3.8) is 0 Å². The van der Waals surface area contributed by atoms with Gasteiger partial charge in [0.25, 0.3) is 0 Å². The Morgan fingerprint density at radius 1 is 1.07 bits per heavy atom. The second-order valence-electron chi connectivity index (χ2n) is 6.84. The lowest BCUT2D eigenvalue weighted by molar-refractivity contribution is 0.143. The summed E-state index contributed by atoms with van der Waals surface area (Å²) >= 11 is 5.93. The molecule has 0 unspecified atom stereocenters. The molecule has 1 aliphatic rings. The number of nitrogens with zero attached hydrogens (tertiary/aromatic N) is 1. The molecule has 1 heterocycles. The van der Waals surface area contributed by atoms with E-state index >= 15 is 0 Å². The lowest BCUT2D eigenvalue weighted by atomic mass is 9.98. The third-order valence-corrected chi connectivity index (χ3v) is 5.19. The van der Waals surface area contributed by atoms with Crippen molar-refractivity contribution in [3.05, 3.63) is 94.8 Å². The summed E-state index contributed by atoms with van der Waals surface area (Å²) in [4.78, 5) is 16.3. The van der Waals surface area contributed by atoms with Gasteiger partial charge in [-0.15, -0.1) is 0 Å². The van der Waals surface area contributed by atoms with Gasteiger partial charge in [0, 0.05) is 23.7 Å². The van der Waals surface area contributed by atoms with Crippen molar-refractivity contribution in [3.8, 4) is 11.1 Å². The van der Waals surface area contributed by atoms with E-state index in [0.29, 0.717) is 24.6 Å². The highest BCUT2D eigenvalue weighted by Crippen LogP contribution is 2.44. The highest BCUT2D eigenvalue weighted by Gasteiger charge is 2.28. The molecule has 29 heavy (non-hydrogen) atoms. The summed E-state index contributed by atoms with van der Waals surface area (Å²) in [6.07, 6.45) is 5.77. The predicted molar refractivity (Wildman–Crippen MR) is 116 cm³/mol. The molecular formula is C24H21ClN2O2. The van der Waals surface area contributed by atoms with Gasteiger partial charge in [0.1, 0.15) is 6.61 Å². The fourth-order valence-electron chi connectivity index (χ4n) is 3.62. The number of benzene rings is 2. The van der Waals surface area contributed by atoms with Gasteiger partial charge in [-0.3, -0.25) is 4.98 Å². The normalized spacial score (nSPS) is 12.6. The molecule has 0 fully saturated rings. The van der Waals surface area contributed by atoms with Gasteiger partial charge in [-0.25, -0.2) is 4.79 Å². The molecule has 0 aliphatic heterocycles. The molecule has 4 rings (SSSR count). The average Bonchev–Trinajstić information content (AvgIpc) is 3.06. The minimum atomic E-state index is -0.402. The van der Waals surface area contributed by atoms with Crippen molar-refractivity contribution >= 4 is 23.8 Å². The zero-order valence-corrected chi connectivity index (χ0v) is 16.6. The summed E-state index contributed by atoms with van der Waals surface area (Å²) in [5.74, 6) is 0.0712. The molecule has 0 atom stereocenters. The molecule has 146 valence electrons. The molecule has 0 spiro atoms. The van der Waals surface area contributed by atoms with Gasteiger partial charge in [0.05, 0.1) is 5.69 Å². The second kappa shape index (κ2) is 8.93. The zero-order valence-electron chi connectivity index (χ0n) is 15.8. The lowest BCUT2D eigenvalue weighted by Crippen LogP contribution is -2.26. The first-order chi connectivity index (χ1) is 14.2. The Kier molecular flexibility index (Phi) is 5.92. The maximum Gasteiger partial charge on any atom is 0.407 e. The monoisotopic (exact) mass is 404 g/mol. The number of ether oxygens (including phenoxy) is 1. The number of pyridine rings is 1. The van der Waals surface area contributed by atoms with Crippen molar-refractivity contribution in [2.75, 3.05) is 13.2 Å². The smallest absolute Gasteiger partial charge is 0.407 e. The Morgan fingerprint density at radius 3 is 2.45 bits per heavy atom. The van der Waals surface area contributed by atoms with Crippen LogP contribution in [0.25, 0.3) is 17.2 Å². The van der Waals surface area contributed by atoms with Gasteiger partial charge >= 0.3 is 6.09 Å². The van der Waals surface area contributed by atoms with Crippen molar-refractivity contribution in [2.45, 2.75) is 12.3 Å². The van der Waals surface area contributed by atoms with Gasteiger partial charge in [0.15, 0.2) is 0 Å². The number of rotatable bonds is 6. The van der Waals surface area contributed by atoms with Crippen LogP contribution in [0, 0.1) is 0 Å². The van der Waals surface area contributed by atoms with Crippen molar-refractivity contribution in [1.82, 2.24) is 10.3 Å². The Morgan fingerprint density at radius 2 is 1.76 bits per heavy atom. The van der Waals surface area contributed by atoms with E-state index in [-0.39, 0.29) is 5.92 Å². The summed E-state index contributed by atoms with van der Waals surface area (Å²) in [5, 5.41) is 3.44. The first-order valence-electron chi connectivity index (χ1n) is 9.59. The number of alkyl carbamates (subject to hydrolysis) is 1. The topological polar surface area (TPSA) is 51.2 Å². The first kappa shape index (κ1) is 19.2. The highest BCUT2D eigenvalue weighted by molar-refractivity contribution is 6.30. The van der Waals surface area contributed by atoms with E-state index in [1.54, 1.807) is 18.3 Å². The Bertz CT molecular complexity index is 1000. The fourth-order valence-corrected chi connectivity index (χ4v) is 3.79. The van der Waals surface area contributed by atoms with Crippen LogP contribution in [-0.4, -0.2) is 24.2 Å². The number of carbonyl (C=O) groups excluding carboxylic acids is 1. The van der Waals surface area contributed by atoms with E-state index in [2.05, 4.69) is 34.6 Å².